The monoisotopic (exact) mass is 368 g/mol. The molecule has 0 bridgehead atoms. The quantitative estimate of drug-likeness (QED) is 0.633. The van der Waals surface area contributed by atoms with Crippen molar-refractivity contribution < 1.29 is 14.2 Å². The molecule has 0 spiro atoms. The second-order valence-corrected chi connectivity index (χ2v) is 5.79. The van der Waals surface area contributed by atoms with Crippen LogP contribution in [0.25, 0.3) is 11.4 Å². The van der Waals surface area contributed by atoms with Crippen molar-refractivity contribution in [2.75, 3.05) is 20.3 Å². The molecule has 0 aliphatic rings. The molecule has 3 aromatic rings. The molecule has 142 valence electrons. The Balaban J connectivity index is 1.89. The maximum Gasteiger partial charge on any atom is 0.184 e. The first-order chi connectivity index (χ1) is 13.2. The summed E-state index contributed by atoms with van der Waals surface area (Å²) in [7, 11) is 1.62. The highest BCUT2D eigenvalue weighted by atomic mass is 16.5. The first-order valence-corrected chi connectivity index (χ1v) is 8.88. The van der Waals surface area contributed by atoms with Gasteiger partial charge in [0, 0.05) is 0 Å². The lowest BCUT2D eigenvalue weighted by Gasteiger charge is -2.14. The van der Waals surface area contributed by atoms with Crippen molar-refractivity contribution in [3.8, 4) is 28.6 Å². The molecule has 7 nitrogen and oxygen atoms in total. The smallest absolute Gasteiger partial charge is 0.184 e. The molecule has 0 aliphatic carbocycles. The largest absolute Gasteiger partial charge is 0.496 e. The van der Waals surface area contributed by atoms with Crippen molar-refractivity contribution in [2.24, 2.45) is 5.73 Å². The lowest BCUT2D eigenvalue weighted by atomic mass is 10.1. The van der Waals surface area contributed by atoms with Gasteiger partial charge < -0.3 is 19.9 Å². The standard InChI is InChI=1S/C20H24N4O3/c1-4-26-16-11-10-13(12-17(16)27-5-2)18(21)20-22-19(23-24-20)14-8-6-7-9-15(14)25-3/h6-12,18H,4-5,21H2,1-3H3,(H,22,23,24). The third kappa shape index (κ3) is 4.03. The van der Waals surface area contributed by atoms with Crippen LogP contribution in [0.2, 0.25) is 0 Å². The maximum absolute atomic E-state index is 6.41. The van der Waals surface area contributed by atoms with Gasteiger partial charge in [0.1, 0.15) is 11.6 Å². The summed E-state index contributed by atoms with van der Waals surface area (Å²) < 4.78 is 16.7. The number of benzene rings is 2. The van der Waals surface area contributed by atoms with Crippen LogP contribution in [0.15, 0.2) is 42.5 Å². The van der Waals surface area contributed by atoms with Crippen LogP contribution in [0.5, 0.6) is 17.2 Å². The lowest BCUT2D eigenvalue weighted by Crippen LogP contribution is -2.14. The number of aromatic amines is 1. The van der Waals surface area contributed by atoms with Gasteiger partial charge in [0.2, 0.25) is 0 Å². The molecule has 3 rings (SSSR count). The van der Waals surface area contributed by atoms with Crippen LogP contribution in [0, 0.1) is 0 Å². The Morgan fingerprint density at radius 3 is 2.48 bits per heavy atom. The fourth-order valence-corrected chi connectivity index (χ4v) is 2.78. The highest BCUT2D eigenvalue weighted by Gasteiger charge is 2.18. The third-order valence-electron chi connectivity index (χ3n) is 4.07. The lowest BCUT2D eigenvalue weighted by molar-refractivity contribution is 0.287. The number of hydrogen-bond acceptors (Lipinski definition) is 6. The van der Waals surface area contributed by atoms with Crippen molar-refractivity contribution in [2.45, 2.75) is 19.9 Å². The van der Waals surface area contributed by atoms with E-state index in [1.807, 2.05) is 56.3 Å². The summed E-state index contributed by atoms with van der Waals surface area (Å²) >= 11 is 0. The van der Waals surface area contributed by atoms with Gasteiger partial charge in [-0.2, -0.15) is 5.10 Å². The fourth-order valence-electron chi connectivity index (χ4n) is 2.78. The number of ether oxygens (including phenoxy) is 3. The molecule has 0 radical (unpaired) electrons. The van der Waals surface area contributed by atoms with E-state index in [1.165, 1.54) is 0 Å². The Labute approximate surface area is 158 Å². The first kappa shape index (κ1) is 18.7. The molecule has 0 saturated carbocycles. The SMILES string of the molecule is CCOc1ccc(C(N)c2nc(-c3ccccc3OC)n[nH]2)cc1OCC. The average Bonchev–Trinajstić information content (AvgIpc) is 3.19. The minimum Gasteiger partial charge on any atom is -0.496 e. The van der Waals surface area contributed by atoms with E-state index in [0.717, 1.165) is 11.1 Å². The van der Waals surface area contributed by atoms with E-state index in [1.54, 1.807) is 7.11 Å². The van der Waals surface area contributed by atoms with Crippen LogP contribution >= 0.6 is 0 Å². The van der Waals surface area contributed by atoms with Crippen molar-refractivity contribution in [1.82, 2.24) is 15.2 Å². The zero-order valence-corrected chi connectivity index (χ0v) is 15.7. The van der Waals surface area contributed by atoms with E-state index in [9.17, 15) is 0 Å². The number of para-hydroxylation sites is 1. The van der Waals surface area contributed by atoms with Crippen LogP contribution in [0.3, 0.4) is 0 Å². The molecule has 1 heterocycles. The highest BCUT2D eigenvalue weighted by Crippen LogP contribution is 2.32. The van der Waals surface area contributed by atoms with E-state index in [0.29, 0.717) is 42.1 Å². The average molecular weight is 368 g/mol. The van der Waals surface area contributed by atoms with E-state index >= 15 is 0 Å². The zero-order chi connectivity index (χ0) is 19.2. The van der Waals surface area contributed by atoms with Crippen LogP contribution in [-0.2, 0) is 0 Å². The number of rotatable bonds is 8. The molecule has 27 heavy (non-hydrogen) atoms. The number of H-pyrrole nitrogens is 1. The Kier molecular flexibility index (Phi) is 5.93. The molecule has 0 amide bonds. The minimum atomic E-state index is -0.476. The highest BCUT2D eigenvalue weighted by molar-refractivity contribution is 5.63. The maximum atomic E-state index is 6.41. The number of hydrogen-bond donors (Lipinski definition) is 2. The Bertz CT molecular complexity index is 894. The van der Waals surface area contributed by atoms with Gasteiger partial charge in [0.25, 0.3) is 0 Å². The zero-order valence-electron chi connectivity index (χ0n) is 15.7. The van der Waals surface area contributed by atoms with Gasteiger partial charge >= 0.3 is 0 Å². The van der Waals surface area contributed by atoms with Gasteiger partial charge in [0.15, 0.2) is 17.3 Å². The van der Waals surface area contributed by atoms with Crippen molar-refractivity contribution in [1.29, 1.82) is 0 Å². The third-order valence-corrected chi connectivity index (χ3v) is 4.07. The van der Waals surface area contributed by atoms with Crippen molar-refractivity contribution in [3.05, 3.63) is 53.9 Å². The van der Waals surface area contributed by atoms with Crippen LogP contribution in [0.4, 0.5) is 0 Å². The van der Waals surface area contributed by atoms with Crippen LogP contribution in [0.1, 0.15) is 31.3 Å². The van der Waals surface area contributed by atoms with Crippen molar-refractivity contribution in [3.63, 3.8) is 0 Å². The van der Waals surface area contributed by atoms with E-state index in [2.05, 4.69) is 15.2 Å². The topological polar surface area (TPSA) is 95.3 Å². The van der Waals surface area contributed by atoms with E-state index in [-0.39, 0.29) is 0 Å². The Morgan fingerprint density at radius 2 is 1.74 bits per heavy atom. The molecule has 1 atom stereocenters. The summed E-state index contributed by atoms with van der Waals surface area (Å²) in [6, 6.07) is 12.8. The minimum absolute atomic E-state index is 0.476. The van der Waals surface area contributed by atoms with E-state index < -0.39 is 6.04 Å². The number of nitrogens with two attached hydrogens (primary N) is 1. The number of methoxy groups -OCH3 is 1. The fraction of sp³-hybridized carbons (Fsp3) is 0.300. The summed E-state index contributed by atoms with van der Waals surface area (Å²) in [6.45, 7) is 4.97. The number of aromatic nitrogens is 3. The first-order valence-electron chi connectivity index (χ1n) is 8.88. The van der Waals surface area contributed by atoms with Crippen LogP contribution in [-0.4, -0.2) is 35.5 Å². The Hall–Kier alpha value is -3.06. The summed E-state index contributed by atoms with van der Waals surface area (Å²) in [5.74, 6) is 3.16. The van der Waals surface area contributed by atoms with Gasteiger partial charge in [-0.1, -0.05) is 18.2 Å². The van der Waals surface area contributed by atoms with E-state index in [4.69, 9.17) is 19.9 Å². The molecule has 2 aromatic carbocycles. The molecule has 7 heteroatoms. The summed E-state index contributed by atoms with van der Waals surface area (Å²) in [4.78, 5) is 4.56. The second kappa shape index (κ2) is 8.55. The number of nitrogens with zero attached hydrogens (tertiary/aromatic N) is 2. The molecule has 0 fully saturated rings. The van der Waals surface area contributed by atoms with Gasteiger partial charge in [-0.15, -0.1) is 0 Å². The molecular formula is C20H24N4O3. The van der Waals surface area contributed by atoms with Gasteiger partial charge in [-0.05, 0) is 43.7 Å². The van der Waals surface area contributed by atoms with Crippen LogP contribution < -0.4 is 19.9 Å². The predicted molar refractivity (Wildman–Crippen MR) is 103 cm³/mol. The van der Waals surface area contributed by atoms with Crippen molar-refractivity contribution >= 4 is 0 Å². The molecule has 3 N–H and O–H groups in total. The molecule has 0 aliphatic heterocycles. The molecule has 1 unspecified atom stereocenters. The summed E-state index contributed by atoms with van der Waals surface area (Å²) in [5.41, 5.74) is 8.06. The van der Waals surface area contributed by atoms with Gasteiger partial charge in [-0.25, -0.2) is 4.98 Å². The normalized spacial score (nSPS) is 11.9. The second-order valence-electron chi connectivity index (χ2n) is 5.79. The van der Waals surface area contributed by atoms with Gasteiger partial charge in [-0.3, -0.25) is 5.10 Å². The predicted octanol–water partition coefficient (Wildman–Crippen LogP) is 3.33. The summed E-state index contributed by atoms with van der Waals surface area (Å²) in [6.07, 6.45) is 0. The number of nitrogens with one attached hydrogen (secondary N) is 1. The summed E-state index contributed by atoms with van der Waals surface area (Å²) in [5, 5.41) is 7.23. The Morgan fingerprint density at radius 1 is 1.00 bits per heavy atom. The molecule has 1 aromatic heterocycles. The molecule has 0 saturated heterocycles. The molecular weight excluding hydrogens is 344 g/mol. The van der Waals surface area contributed by atoms with Gasteiger partial charge in [0.05, 0.1) is 31.9 Å².